The molecule has 0 bridgehead atoms. The Morgan fingerprint density at radius 1 is 1.58 bits per heavy atom. The summed E-state index contributed by atoms with van der Waals surface area (Å²) in [5.74, 6) is 0.551. The second-order valence-electron chi connectivity index (χ2n) is 1.99. The Kier molecular flexibility index (Phi) is 2.44. The quantitative estimate of drug-likeness (QED) is 0.271. The summed E-state index contributed by atoms with van der Waals surface area (Å²) in [4.78, 5) is 10.5. The van der Waals surface area contributed by atoms with Crippen LogP contribution >= 0.6 is 0 Å². The monoisotopic (exact) mass is 164 g/mol. The van der Waals surface area contributed by atoms with Crippen molar-refractivity contribution < 1.29 is 13.9 Å². The highest BCUT2D eigenvalue weighted by Crippen LogP contribution is 2.11. The van der Waals surface area contributed by atoms with Gasteiger partial charge in [0.1, 0.15) is 11.6 Å². The summed E-state index contributed by atoms with van der Waals surface area (Å²) in [6.45, 7) is 0. The lowest BCUT2D eigenvalue weighted by Crippen LogP contribution is -2.03. The predicted molar refractivity (Wildman–Crippen MR) is 40.9 cm³/mol. The van der Waals surface area contributed by atoms with Gasteiger partial charge in [0, 0.05) is 12.0 Å². The van der Waals surface area contributed by atoms with Gasteiger partial charge < -0.3 is 4.74 Å². The van der Waals surface area contributed by atoms with Crippen LogP contribution in [0.5, 0.6) is 5.75 Å². The molecule has 0 atom stereocenters. The Balaban J connectivity index is 2.78. The van der Waals surface area contributed by atoms with Crippen molar-refractivity contribution >= 4 is 5.97 Å². The number of halogens is 1. The molecule has 0 amide bonds. The molecule has 0 spiro atoms. The van der Waals surface area contributed by atoms with E-state index in [2.05, 4.69) is 4.74 Å². The van der Waals surface area contributed by atoms with Crippen molar-refractivity contribution in [3.8, 4) is 18.1 Å². The normalized spacial score (nSPS) is 8.67. The highest BCUT2D eigenvalue weighted by atomic mass is 19.1. The Labute approximate surface area is 69.0 Å². The molecule has 0 aromatic heterocycles. The van der Waals surface area contributed by atoms with Crippen LogP contribution in [0.3, 0.4) is 0 Å². The van der Waals surface area contributed by atoms with E-state index in [0.717, 1.165) is 6.07 Å². The summed E-state index contributed by atoms with van der Waals surface area (Å²) in [5.41, 5.74) is 0. The zero-order valence-corrected chi connectivity index (χ0v) is 6.08. The average molecular weight is 164 g/mol. The van der Waals surface area contributed by atoms with E-state index in [9.17, 15) is 9.18 Å². The van der Waals surface area contributed by atoms with Gasteiger partial charge in [0.15, 0.2) is 0 Å². The molecule has 0 heterocycles. The van der Waals surface area contributed by atoms with Crippen LogP contribution in [0.4, 0.5) is 4.39 Å². The summed E-state index contributed by atoms with van der Waals surface area (Å²) in [6, 6.07) is 5.19. The zero-order valence-electron chi connectivity index (χ0n) is 6.08. The number of terminal acetylenes is 1. The van der Waals surface area contributed by atoms with Crippen molar-refractivity contribution in [2.45, 2.75) is 0 Å². The van der Waals surface area contributed by atoms with Crippen molar-refractivity contribution in [1.29, 1.82) is 0 Å². The number of rotatable bonds is 1. The summed E-state index contributed by atoms with van der Waals surface area (Å²) in [7, 11) is 0. The Hall–Kier alpha value is -1.82. The molecule has 12 heavy (non-hydrogen) atoms. The fourth-order valence-electron chi connectivity index (χ4n) is 0.667. The SMILES string of the molecule is C#CC(=O)Oc1cccc(F)c1. The maximum atomic E-state index is 12.5. The molecule has 0 unspecified atom stereocenters. The van der Waals surface area contributed by atoms with Gasteiger partial charge in [0.25, 0.3) is 0 Å². The molecule has 0 aliphatic rings. The van der Waals surface area contributed by atoms with Crippen molar-refractivity contribution in [3.63, 3.8) is 0 Å². The molecule has 1 aromatic carbocycles. The third kappa shape index (κ3) is 2.10. The standard InChI is InChI=1S/C9H5FO2/c1-2-9(11)12-8-5-3-4-7(10)6-8/h1,3-6H. The first kappa shape index (κ1) is 8.28. The fraction of sp³-hybridized carbons (Fsp3) is 0. The number of carbonyl (C=O) groups excluding carboxylic acids is 1. The minimum absolute atomic E-state index is 0.109. The van der Waals surface area contributed by atoms with Gasteiger partial charge >= 0.3 is 5.97 Å². The van der Waals surface area contributed by atoms with E-state index in [4.69, 9.17) is 6.42 Å². The smallest absolute Gasteiger partial charge is 0.389 e. The van der Waals surface area contributed by atoms with Crippen LogP contribution in [0.15, 0.2) is 24.3 Å². The van der Waals surface area contributed by atoms with Gasteiger partial charge in [-0.05, 0) is 12.1 Å². The molecule has 0 radical (unpaired) electrons. The van der Waals surface area contributed by atoms with Gasteiger partial charge in [0.05, 0.1) is 0 Å². The van der Waals surface area contributed by atoms with Crippen molar-refractivity contribution in [3.05, 3.63) is 30.1 Å². The summed E-state index contributed by atoms with van der Waals surface area (Å²) >= 11 is 0. The van der Waals surface area contributed by atoms with Crippen LogP contribution in [-0.2, 0) is 4.79 Å². The van der Waals surface area contributed by atoms with Gasteiger partial charge in [-0.15, -0.1) is 6.42 Å². The molecule has 0 saturated carbocycles. The van der Waals surface area contributed by atoms with Gasteiger partial charge in [0.2, 0.25) is 0 Å². The second kappa shape index (κ2) is 3.54. The number of ether oxygens (including phenoxy) is 1. The molecule has 60 valence electrons. The first-order chi connectivity index (χ1) is 5.72. The molecule has 3 heteroatoms. The van der Waals surface area contributed by atoms with E-state index in [0.29, 0.717) is 0 Å². The van der Waals surface area contributed by atoms with Crippen LogP contribution in [0.2, 0.25) is 0 Å². The molecule has 0 fully saturated rings. The first-order valence-corrected chi connectivity index (χ1v) is 3.16. The van der Waals surface area contributed by atoms with Crippen molar-refractivity contribution in [1.82, 2.24) is 0 Å². The van der Waals surface area contributed by atoms with E-state index in [-0.39, 0.29) is 5.75 Å². The Morgan fingerprint density at radius 2 is 2.33 bits per heavy atom. The van der Waals surface area contributed by atoms with Crippen molar-refractivity contribution in [2.75, 3.05) is 0 Å². The molecular formula is C9H5FO2. The number of esters is 1. The van der Waals surface area contributed by atoms with Gasteiger partial charge in [-0.3, -0.25) is 0 Å². The molecule has 0 aliphatic carbocycles. The lowest BCUT2D eigenvalue weighted by atomic mass is 10.3. The lowest BCUT2D eigenvalue weighted by Gasteiger charge is -1.98. The highest BCUT2D eigenvalue weighted by molar-refractivity contribution is 5.89. The predicted octanol–water partition coefficient (Wildman–Crippen LogP) is 1.36. The van der Waals surface area contributed by atoms with Gasteiger partial charge in [-0.1, -0.05) is 6.07 Å². The zero-order chi connectivity index (χ0) is 8.97. The Morgan fingerprint density at radius 3 is 2.92 bits per heavy atom. The minimum atomic E-state index is -0.833. The molecule has 0 saturated heterocycles. The number of hydrogen-bond acceptors (Lipinski definition) is 2. The van der Waals surface area contributed by atoms with E-state index in [1.165, 1.54) is 18.2 Å². The average Bonchev–Trinajstić information content (AvgIpc) is 2.04. The third-order valence-corrected chi connectivity index (χ3v) is 1.12. The van der Waals surface area contributed by atoms with Crippen LogP contribution in [-0.4, -0.2) is 5.97 Å². The first-order valence-electron chi connectivity index (χ1n) is 3.16. The van der Waals surface area contributed by atoms with Crippen LogP contribution < -0.4 is 4.74 Å². The van der Waals surface area contributed by atoms with Crippen LogP contribution in [0.25, 0.3) is 0 Å². The van der Waals surface area contributed by atoms with Crippen molar-refractivity contribution in [2.24, 2.45) is 0 Å². The molecular weight excluding hydrogens is 159 g/mol. The molecule has 2 nitrogen and oxygen atoms in total. The topological polar surface area (TPSA) is 26.3 Å². The number of carbonyl (C=O) groups is 1. The van der Waals surface area contributed by atoms with E-state index in [1.807, 2.05) is 0 Å². The maximum Gasteiger partial charge on any atom is 0.389 e. The summed E-state index contributed by atoms with van der Waals surface area (Å²) in [6.07, 6.45) is 4.74. The maximum absolute atomic E-state index is 12.5. The summed E-state index contributed by atoms with van der Waals surface area (Å²) in [5, 5.41) is 0. The minimum Gasteiger partial charge on any atom is -0.417 e. The van der Waals surface area contributed by atoms with Crippen LogP contribution in [0.1, 0.15) is 0 Å². The van der Waals surface area contributed by atoms with E-state index < -0.39 is 11.8 Å². The fourth-order valence-corrected chi connectivity index (χ4v) is 0.667. The molecule has 1 rings (SSSR count). The highest BCUT2D eigenvalue weighted by Gasteiger charge is 2.00. The largest absolute Gasteiger partial charge is 0.417 e. The lowest BCUT2D eigenvalue weighted by molar-refractivity contribution is -0.128. The molecule has 0 aliphatic heterocycles. The van der Waals surface area contributed by atoms with Gasteiger partial charge in [-0.25, -0.2) is 9.18 Å². The Bertz CT molecular complexity index is 339. The van der Waals surface area contributed by atoms with E-state index in [1.54, 1.807) is 5.92 Å². The number of hydrogen-bond donors (Lipinski definition) is 0. The van der Waals surface area contributed by atoms with Gasteiger partial charge in [-0.2, -0.15) is 0 Å². The molecule has 1 aromatic rings. The second-order valence-corrected chi connectivity index (χ2v) is 1.99. The van der Waals surface area contributed by atoms with Crippen LogP contribution in [0, 0.1) is 18.2 Å². The number of benzene rings is 1. The summed E-state index contributed by atoms with van der Waals surface area (Å²) < 4.78 is 17.0. The third-order valence-electron chi connectivity index (χ3n) is 1.12. The molecule has 0 N–H and O–H groups in total. The van der Waals surface area contributed by atoms with E-state index >= 15 is 0 Å².